The van der Waals surface area contributed by atoms with Crippen molar-refractivity contribution in [3.8, 4) is 5.75 Å². The minimum Gasteiger partial charge on any atom is -0.506 e. The van der Waals surface area contributed by atoms with E-state index in [0.717, 1.165) is 5.39 Å². The molecule has 0 aliphatic rings. The van der Waals surface area contributed by atoms with Gasteiger partial charge in [-0.15, -0.1) is 0 Å². The number of hydrogen-bond acceptors (Lipinski definition) is 6. The number of benzene rings is 3. The highest BCUT2D eigenvalue weighted by Gasteiger charge is 2.17. The van der Waals surface area contributed by atoms with Crippen molar-refractivity contribution < 1.29 is 24.4 Å². The number of aromatic hydroxyl groups is 1. The largest absolute Gasteiger partial charge is 0.506 e. The van der Waals surface area contributed by atoms with Gasteiger partial charge in [-0.25, -0.2) is 4.79 Å². The first-order chi connectivity index (χ1) is 13.4. The number of esters is 1. The number of nitrogens with zero attached hydrogens (tertiary/aromatic N) is 1. The van der Waals surface area contributed by atoms with Gasteiger partial charge in [0.25, 0.3) is 11.6 Å². The Kier molecular flexibility index (Phi) is 5.21. The Morgan fingerprint density at radius 2 is 1.89 bits per heavy atom. The summed E-state index contributed by atoms with van der Waals surface area (Å²) >= 11 is 0. The van der Waals surface area contributed by atoms with E-state index >= 15 is 0 Å². The van der Waals surface area contributed by atoms with Gasteiger partial charge in [-0.3, -0.25) is 14.9 Å². The maximum atomic E-state index is 12.2. The lowest BCUT2D eigenvalue weighted by atomic mass is 10.1. The number of rotatable bonds is 5. The van der Waals surface area contributed by atoms with Crippen LogP contribution in [0.4, 0.5) is 11.4 Å². The number of non-ortho nitro benzene ring substituents is 1. The number of fused-ring (bicyclic) bond motifs is 1. The van der Waals surface area contributed by atoms with Crippen molar-refractivity contribution in [1.82, 2.24) is 0 Å². The highest BCUT2D eigenvalue weighted by molar-refractivity contribution is 6.02. The second-order valence-electron chi connectivity index (χ2n) is 6.06. The minimum atomic E-state index is -0.853. The van der Waals surface area contributed by atoms with Crippen molar-refractivity contribution in [3.63, 3.8) is 0 Å². The molecule has 8 nitrogen and oxygen atoms in total. The molecule has 3 aromatic carbocycles. The molecule has 0 fully saturated rings. The molecule has 8 heteroatoms. The number of aryl methyl sites for hydroxylation is 1. The van der Waals surface area contributed by atoms with Crippen LogP contribution in [0.1, 0.15) is 15.9 Å². The number of nitro groups is 1. The van der Waals surface area contributed by atoms with Gasteiger partial charge in [-0.1, -0.05) is 36.4 Å². The molecule has 0 aromatic heterocycles. The monoisotopic (exact) mass is 380 g/mol. The first-order valence-corrected chi connectivity index (χ1v) is 8.29. The van der Waals surface area contributed by atoms with E-state index in [9.17, 15) is 24.8 Å². The van der Waals surface area contributed by atoms with Crippen molar-refractivity contribution >= 4 is 34.0 Å². The predicted molar refractivity (Wildman–Crippen MR) is 102 cm³/mol. The second kappa shape index (κ2) is 7.75. The van der Waals surface area contributed by atoms with Crippen LogP contribution in [0.15, 0.2) is 54.6 Å². The number of nitro benzene ring substituents is 1. The zero-order valence-electron chi connectivity index (χ0n) is 14.8. The van der Waals surface area contributed by atoms with E-state index in [2.05, 4.69) is 5.32 Å². The van der Waals surface area contributed by atoms with Crippen molar-refractivity contribution in [3.05, 3.63) is 75.8 Å². The number of carbonyl (C=O) groups is 2. The van der Waals surface area contributed by atoms with Crippen LogP contribution in [0.2, 0.25) is 0 Å². The molecule has 142 valence electrons. The Hall–Kier alpha value is -3.94. The number of phenolic OH excluding ortho intramolecular Hbond substituents is 1. The molecule has 0 aliphatic carbocycles. The fraction of sp³-hybridized carbons (Fsp3) is 0.100. The van der Waals surface area contributed by atoms with E-state index in [4.69, 9.17) is 4.74 Å². The average Bonchev–Trinajstić information content (AvgIpc) is 2.68. The van der Waals surface area contributed by atoms with Crippen LogP contribution in [-0.2, 0) is 9.53 Å². The van der Waals surface area contributed by atoms with Gasteiger partial charge in [0.1, 0.15) is 11.3 Å². The Morgan fingerprint density at radius 3 is 2.64 bits per heavy atom. The molecule has 0 unspecified atom stereocenters. The molecule has 0 spiro atoms. The van der Waals surface area contributed by atoms with Gasteiger partial charge in [0.05, 0.1) is 10.6 Å². The van der Waals surface area contributed by atoms with Crippen LogP contribution in [0.5, 0.6) is 5.75 Å². The van der Waals surface area contributed by atoms with E-state index < -0.39 is 23.4 Å². The lowest BCUT2D eigenvalue weighted by Gasteiger charge is -2.10. The van der Waals surface area contributed by atoms with Gasteiger partial charge in [-0.05, 0) is 23.9 Å². The van der Waals surface area contributed by atoms with Crippen LogP contribution in [0, 0.1) is 17.0 Å². The summed E-state index contributed by atoms with van der Waals surface area (Å²) in [6.45, 7) is 1.08. The lowest BCUT2D eigenvalue weighted by Crippen LogP contribution is -2.21. The predicted octanol–water partition coefficient (Wildman–Crippen LogP) is 3.56. The third-order valence-corrected chi connectivity index (χ3v) is 4.16. The smallest absolute Gasteiger partial charge is 0.342 e. The van der Waals surface area contributed by atoms with E-state index in [1.54, 1.807) is 37.3 Å². The molecular formula is C20H16N2O6. The molecule has 0 bridgehead atoms. The molecule has 3 rings (SSSR count). The van der Waals surface area contributed by atoms with Crippen molar-refractivity contribution in [2.45, 2.75) is 6.92 Å². The molecule has 0 aliphatic heterocycles. The molecule has 0 saturated heterocycles. The van der Waals surface area contributed by atoms with Gasteiger partial charge in [0.15, 0.2) is 6.61 Å². The molecule has 2 N–H and O–H groups in total. The van der Waals surface area contributed by atoms with E-state index in [-0.39, 0.29) is 22.7 Å². The summed E-state index contributed by atoms with van der Waals surface area (Å²) in [6, 6.07) is 14.1. The van der Waals surface area contributed by atoms with Crippen molar-refractivity contribution in [1.29, 1.82) is 0 Å². The molecule has 1 amide bonds. The molecule has 0 radical (unpaired) electrons. The van der Waals surface area contributed by atoms with E-state index in [1.165, 1.54) is 24.3 Å². The van der Waals surface area contributed by atoms with Gasteiger partial charge >= 0.3 is 5.97 Å². The maximum Gasteiger partial charge on any atom is 0.342 e. The number of anilines is 1. The number of amides is 1. The summed E-state index contributed by atoms with van der Waals surface area (Å²) in [5.41, 5.74) is 0.651. The van der Waals surface area contributed by atoms with Crippen LogP contribution in [0.25, 0.3) is 10.8 Å². The van der Waals surface area contributed by atoms with Crippen molar-refractivity contribution in [2.75, 3.05) is 11.9 Å². The first kappa shape index (κ1) is 18.8. The van der Waals surface area contributed by atoms with Crippen LogP contribution < -0.4 is 5.32 Å². The van der Waals surface area contributed by atoms with Crippen LogP contribution in [0.3, 0.4) is 0 Å². The zero-order valence-corrected chi connectivity index (χ0v) is 14.8. The summed E-state index contributed by atoms with van der Waals surface area (Å²) in [5.74, 6) is -1.73. The number of phenols is 1. The van der Waals surface area contributed by atoms with E-state index in [1.807, 2.05) is 0 Å². The first-order valence-electron chi connectivity index (χ1n) is 8.29. The fourth-order valence-electron chi connectivity index (χ4n) is 2.67. The standard InChI is InChI=1S/C20H16N2O6/c1-12-6-8-14(22(26)27)10-17(12)21-18(23)11-28-20(25)16-9-7-13-4-2-3-5-15(13)19(16)24/h2-10,24H,11H2,1H3,(H,21,23). The molecule has 0 atom stereocenters. The molecule has 0 heterocycles. The number of carbonyl (C=O) groups excluding carboxylic acids is 2. The highest BCUT2D eigenvalue weighted by atomic mass is 16.6. The number of nitrogens with one attached hydrogen (secondary N) is 1. The number of ether oxygens (including phenoxy) is 1. The third-order valence-electron chi connectivity index (χ3n) is 4.16. The van der Waals surface area contributed by atoms with Gasteiger partial charge in [0.2, 0.25) is 0 Å². The quantitative estimate of drug-likeness (QED) is 0.397. The Morgan fingerprint density at radius 1 is 1.14 bits per heavy atom. The summed E-state index contributed by atoms with van der Waals surface area (Å²) in [5, 5.41) is 24.8. The molecule has 28 heavy (non-hydrogen) atoms. The van der Waals surface area contributed by atoms with Gasteiger partial charge < -0.3 is 15.2 Å². The van der Waals surface area contributed by atoms with Crippen molar-refractivity contribution in [2.24, 2.45) is 0 Å². The third kappa shape index (κ3) is 3.90. The molecular weight excluding hydrogens is 364 g/mol. The summed E-state index contributed by atoms with van der Waals surface area (Å²) in [7, 11) is 0. The Labute approximate surface area is 159 Å². The van der Waals surface area contributed by atoms with E-state index in [0.29, 0.717) is 10.9 Å². The van der Waals surface area contributed by atoms with Crippen LogP contribution in [-0.4, -0.2) is 28.5 Å². The summed E-state index contributed by atoms with van der Waals surface area (Å²) in [6.07, 6.45) is 0. The van der Waals surface area contributed by atoms with Crippen LogP contribution >= 0.6 is 0 Å². The zero-order chi connectivity index (χ0) is 20.3. The minimum absolute atomic E-state index is 0.0574. The number of hydrogen-bond donors (Lipinski definition) is 2. The average molecular weight is 380 g/mol. The Bertz CT molecular complexity index is 1090. The van der Waals surface area contributed by atoms with Gasteiger partial charge in [0, 0.05) is 17.5 Å². The molecule has 3 aromatic rings. The topological polar surface area (TPSA) is 119 Å². The second-order valence-corrected chi connectivity index (χ2v) is 6.06. The fourth-order valence-corrected chi connectivity index (χ4v) is 2.67. The Balaban J connectivity index is 1.68. The lowest BCUT2D eigenvalue weighted by molar-refractivity contribution is -0.384. The molecule has 0 saturated carbocycles. The maximum absolute atomic E-state index is 12.2. The summed E-state index contributed by atoms with van der Waals surface area (Å²) < 4.78 is 4.96. The highest BCUT2D eigenvalue weighted by Crippen LogP contribution is 2.29. The normalized spacial score (nSPS) is 10.5. The van der Waals surface area contributed by atoms with Gasteiger partial charge in [-0.2, -0.15) is 0 Å². The summed E-state index contributed by atoms with van der Waals surface area (Å²) in [4.78, 5) is 34.6. The SMILES string of the molecule is Cc1ccc([N+](=O)[O-])cc1NC(=O)COC(=O)c1ccc2ccccc2c1O.